The van der Waals surface area contributed by atoms with E-state index in [0.717, 1.165) is 19.1 Å². The summed E-state index contributed by atoms with van der Waals surface area (Å²) in [5, 5.41) is 0. The van der Waals surface area contributed by atoms with E-state index in [1.165, 1.54) is 7.11 Å². The van der Waals surface area contributed by atoms with Gasteiger partial charge in [0.05, 0.1) is 13.0 Å². The first-order valence-corrected chi connectivity index (χ1v) is 4.71. The summed E-state index contributed by atoms with van der Waals surface area (Å²) in [6, 6.07) is 0. The zero-order chi connectivity index (χ0) is 10.1. The lowest BCUT2D eigenvalue weighted by Crippen LogP contribution is -2.10. The van der Waals surface area contributed by atoms with Gasteiger partial charge >= 0.3 is 5.97 Å². The average Bonchev–Trinajstić information content (AvgIpc) is 2.85. The summed E-state index contributed by atoms with van der Waals surface area (Å²) < 4.78 is 4.67. The largest absolute Gasteiger partial charge is 0.469 e. The van der Waals surface area contributed by atoms with Gasteiger partial charge in [-0.3, -0.25) is 4.79 Å². The van der Waals surface area contributed by atoms with Crippen LogP contribution in [0.25, 0.3) is 0 Å². The van der Waals surface area contributed by atoms with E-state index in [1.807, 2.05) is 13.8 Å². The minimum atomic E-state index is -0.235. The molecule has 0 radical (unpaired) electrons. The van der Waals surface area contributed by atoms with Crippen molar-refractivity contribution in [1.29, 1.82) is 0 Å². The van der Waals surface area contributed by atoms with Crippen LogP contribution >= 0.6 is 0 Å². The van der Waals surface area contributed by atoms with Crippen molar-refractivity contribution in [3.63, 3.8) is 0 Å². The molecule has 1 rings (SSSR count). The van der Waals surface area contributed by atoms with Crippen molar-refractivity contribution in [3.8, 4) is 0 Å². The van der Waals surface area contributed by atoms with Crippen LogP contribution in [-0.2, 0) is 14.3 Å². The molecular weight excluding hydrogens is 168 g/mol. The van der Waals surface area contributed by atoms with Crippen molar-refractivity contribution in [1.82, 2.24) is 0 Å². The third kappa shape index (κ3) is 1.26. The van der Waals surface area contributed by atoms with Crippen molar-refractivity contribution >= 4 is 12.3 Å². The second-order valence-electron chi connectivity index (χ2n) is 3.60. The molecule has 74 valence electrons. The molecule has 13 heavy (non-hydrogen) atoms. The molecule has 3 heteroatoms. The summed E-state index contributed by atoms with van der Waals surface area (Å²) in [6.07, 6.45) is 2.63. The quantitative estimate of drug-likeness (QED) is 0.490. The maximum absolute atomic E-state index is 11.3. The Labute approximate surface area is 78.5 Å². The van der Waals surface area contributed by atoms with Crippen LogP contribution in [0.2, 0.25) is 0 Å². The van der Waals surface area contributed by atoms with Crippen LogP contribution in [0.5, 0.6) is 0 Å². The Kier molecular flexibility index (Phi) is 2.74. The second-order valence-corrected chi connectivity index (χ2v) is 3.60. The minimum Gasteiger partial charge on any atom is -0.469 e. The molecule has 2 atom stereocenters. The van der Waals surface area contributed by atoms with Gasteiger partial charge < -0.3 is 9.53 Å². The van der Waals surface area contributed by atoms with Gasteiger partial charge in [-0.2, -0.15) is 0 Å². The van der Waals surface area contributed by atoms with E-state index in [4.69, 9.17) is 0 Å². The molecule has 1 saturated carbocycles. The third-order valence-corrected chi connectivity index (χ3v) is 3.45. The Balaban J connectivity index is 2.78. The molecule has 0 aromatic heterocycles. The Morgan fingerprint density at radius 1 is 1.46 bits per heavy atom. The van der Waals surface area contributed by atoms with E-state index < -0.39 is 0 Å². The number of rotatable bonds is 4. The highest BCUT2D eigenvalue weighted by molar-refractivity contribution is 5.84. The van der Waals surface area contributed by atoms with Crippen molar-refractivity contribution < 1.29 is 14.3 Å². The summed E-state index contributed by atoms with van der Waals surface area (Å²) in [7, 11) is 1.37. The van der Waals surface area contributed by atoms with E-state index in [2.05, 4.69) is 4.74 Å². The number of esters is 1. The predicted molar refractivity (Wildman–Crippen MR) is 48.1 cm³/mol. The molecule has 0 aromatic rings. The lowest BCUT2D eigenvalue weighted by molar-refractivity contribution is -0.143. The van der Waals surface area contributed by atoms with Gasteiger partial charge in [-0.05, 0) is 18.3 Å². The van der Waals surface area contributed by atoms with Gasteiger partial charge in [0.1, 0.15) is 6.29 Å². The van der Waals surface area contributed by atoms with Gasteiger partial charge in [0.15, 0.2) is 0 Å². The van der Waals surface area contributed by atoms with Crippen LogP contribution in [0.15, 0.2) is 0 Å². The van der Waals surface area contributed by atoms with Crippen molar-refractivity contribution in [2.24, 2.45) is 17.3 Å². The minimum absolute atomic E-state index is 0.102. The molecular formula is C10H16O3. The Hall–Kier alpha value is -0.860. The fraction of sp³-hybridized carbons (Fsp3) is 0.800. The second kappa shape index (κ2) is 3.48. The molecule has 0 unspecified atom stereocenters. The van der Waals surface area contributed by atoms with E-state index in [9.17, 15) is 9.59 Å². The molecule has 1 fully saturated rings. The van der Waals surface area contributed by atoms with E-state index in [0.29, 0.717) is 0 Å². The van der Waals surface area contributed by atoms with Crippen LogP contribution in [0, 0.1) is 17.3 Å². The molecule has 0 aliphatic heterocycles. The van der Waals surface area contributed by atoms with Gasteiger partial charge in [0, 0.05) is 5.92 Å². The molecule has 0 amide bonds. The topological polar surface area (TPSA) is 43.4 Å². The SMILES string of the molecule is CCC1(CC)[C@@H](C=O)[C@@H]1C(=O)OC. The van der Waals surface area contributed by atoms with Crippen LogP contribution < -0.4 is 0 Å². The van der Waals surface area contributed by atoms with E-state index >= 15 is 0 Å². The molecule has 3 nitrogen and oxygen atoms in total. The molecule has 0 heterocycles. The standard InChI is InChI=1S/C10H16O3/c1-4-10(5-2)7(6-11)8(10)9(12)13-3/h6-8H,4-5H2,1-3H3/t7-,8+/m0/s1. The monoisotopic (exact) mass is 184 g/mol. The van der Waals surface area contributed by atoms with Crippen LogP contribution in [0.3, 0.4) is 0 Å². The lowest BCUT2D eigenvalue weighted by atomic mass is 9.95. The normalized spacial score (nSPS) is 29.5. The van der Waals surface area contributed by atoms with Gasteiger partial charge in [-0.15, -0.1) is 0 Å². The first kappa shape index (κ1) is 10.2. The molecule has 0 N–H and O–H groups in total. The molecule has 1 aliphatic carbocycles. The predicted octanol–water partition coefficient (Wildman–Crippen LogP) is 1.41. The first-order valence-electron chi connectivity index (χ1n) is 4.71. The number of hydrogen-bond donors (Lipinski definition) is 0. The summed E-state index contributed by atoms with van der Waals surface area (Å²) in [4.78, 5) is 22.0. The number of carbonyl (C=O) groups is 2. The third-order valence-electron chi connectivity index (χ3n) is 3.45. The van der Waals surface area contributed by atoms with Crippen molar-refractivity contribution in [3.05, 3.63) is 0 Å². The van der Waals surface area contributed by atoms with Gasteiger partial charge in [-0.25, -0.2) is 0 Å². The van der Waals surface area contributed by atoms with Crippen LogP contribution in [0.1, 0.15) is 26.7 Å². The zero-order valence-corrected chi connectivity index (χ0v) is 8.37. The van der Waals surface area contributed by atoms with Crippen molar-refractivity contribution in [2.75, 3.05) is 7.11 Å². The molecule has 0 aromatic carbocycles. The number of ether oxygens (including phenoxy) is 1. The highest BCUT2D eigenvalue weighted by atomic mass is 16.5. The van der Waals surface area contributed by atoms with Gasteiger partial charge in [0.2, 0.25) is 0 Å². The number of carbonyl (C=O) groups excluding carboxylic acids is 2. The Morgan fingerprint density at radius 3 is 2.23 bits per heavy atom. The fourth-order valence-electron chi connectivity index (χ4n) is 2.41. The maximum Gasteiger partial charge on any atom is 0.309 e. The zero-order valence-electron chi connectivity index (χ0n) is 8.37. The molecule has 0 spiro atoms. The number of aldehydes is 1. The van der Waals surface area contributed by atoms with Crippen molar-refractivity contribution in [2.45, 2.75) is 26.7 Å². The fourth-order valence-corrected chi connectivity index (χ4v) is 2.41. The van der Waals surface area contributed by atoms with Crippen LogP contribution in [0.4, 0.5) is 0 Å². The first-order chi connectivity index (χ1) is 6.17. The number of hydrogen-bond acceptors (Lipinski definition) is 3. The highest BCUT2D eigenvalue weighted by Crippen LogP contribution is 2.62. The van der Waals surface area contributed by atoms with Gasteiger partial charge in [0.25, 0.3) is 0 Å². The Bertz CT molecular complexity index is 218. The summed E-state index contributed by atoms with van der Waals surface area (Å²) in [5.74, 6) is -0.541. The Morgan fingerprint density at radius 2 is 2.00 bits per heavy atom. The smallest absolute Gasteiger partial charge is 0.309 e. The average molecular weight is 184 g/mol. The highest BCUT2D eigenvalue weighted by Gasteiger charge is 2.66. The molecule has 0 saturated heterocycles. The van der Waals surface area contributed by atoms with Gasteiger partial charge in [-0.1, -0.05) is 13.8 Å². The summed E-state index contributed by atoms with van der Waals surface area (Å²) in [6.45, 7) is 4.03. The summed E-state index contributed by atoms with van der Waals surface area (Å²) in [5.41, 5.74) is -0.102. The van der Waals surface area contributed by atoms with Crippen LogP contribution in [-0.4, -0.2) is 19.4 Å². The summed E-state index contributed by atoms with van der Waals surface area (Å²) >= 11 is 0. The van der Waals surface area contributed by atoms with E-state index in [-0.39, 0.29) is 23.2 Å². The molecule has 0 bridgehead atoms. The molecule has 1 aliphatic rings. The number of methoxy groups -OCH3 is 1. The van der Waals surface area contributed by atoms with E-state index in [1.54, 1.807) is 0 Å². The maximum atomic E-state index is 11.3. The lowest BCUT2D eigenvalue weighted by Gasteiger charge is -2.10.